The minimum absolute atomic E-state index is 0.0769. The van der Waals surface area contributed by atoms with E-state index in [9.17, 15) is 9.59 Å². The number of aliphatic hydroxyl groups is 1. The fraction of sp³-hybridized carbons (Fsp3) is 0.867. The summed E-state index contributed by atoms with van der Waals surface area (Å²) in [7, 11) is 0. The van der Waals surface area contributed by atoms with Crippen molar-refractivity contribution in [3.05, 3.63) is 0 Å². The van der Waals surface area contributed by atoms with E-state index >= 15 is 0 Å². The first-order valence-electron chi connectivity index (χ1n) is 7.73. The van der Waals surface area contributed by atoms with Crippen molar-refractivity contribution in [2.45, 2.75) is 70.3 Å². The van der Waals surface area contributed by atoms with Gasteiger partial charge in [-0.25, -0.2) is 9.59 Å². The molecule has 21 heavy (non-hydrogen) atoms. The van der Waals surface area contributed by atoms with Crippen molar-refractivity contribution in [3.8, 4) is 0 Å². The molecule has 0 radical (unpaired) electrons. The van der Waals surface area contributed by atoms with Gasteiger partial charge in [-0.15, -0.1) is 0 Å². The number of unbranched alkanes of at least 4 members (excludes halogenated alkanes) is 7. The molecule has 0 heterocycles. The van der Waals surface area contributed by atoms with Crippen molar-refractivity contribution >= 4 is 11.9 Å². The summed E-state index contributed by atoms with van der Waals surface area (Å²) in [6, 6.07) is 0. The van der Waals surface area contributed by atoms with Crippen LogP contribution in [0.15, 0.2) is 0 Å². The normalized spacial score (nSPS) is 11.5. The molecule has 124 valence electrons. The van der Waals surface area contributed by atoms with Crippen LogP contribution in [0.2, 0.25) is 0 Å². The Kier molecular flexibility index (Phi) is 10.9. The average molecular weight is 304 g/mol. The Balaban J connectivity index is 3.94. The van der Waals surface area contributed by atoms with Gasteiger partial charge in [0, 0.05) is 19.6 Å². The van der Waals surface area contributed by atoms with Crippen molar-refractivity contribution < 1.29 is 29.6 Å². The molecule has 0 aliphatic carbocycles. The minimum Gasteiger partial charge on any atom is -0.479 e. The fourth-order valence-electron chi connectivity index (χ4n) is 2.14. The zero-order valence-corrected chi connectivity index (χ0v) is 12.8. The summed E-state index contributed by atoms with van der Waals surface area (Å²) in [6.07, 6.45) is 8.16. The van der Waals surface area contributed by atoms with Crippen LogP contribution in [-0.2, 0) is 14.3 Å². The second kappa shape index (κ2) is 11.5. The standard InChI is InChI=1S/C15H28O6/c1-2-3-4-5-6-7-8-9-12-21-15(10-11-16,13(17)18)14(19)20/h16H,2-12H2,1H3,(H,17,18)(H,19,20). The van der Waals surface area contributed by atoms with Crippen molar-refractivity contribution in [2.24, 2.45) is 0 Å². The largest absolute Gasteiger partial charge is 0.479 e. The van der Waals surface area contributed by atoms with Crippen LogP contribution < -0.4 is 0 Å². The number of carbonyl (C=O) groups is 2. The molecule has 0 spiro atoms. The maximum Gasteiger partial charge on any atom is 0.347 e. The van der Waals surface area contributed by atoms with Crippen LogP contribution in [0.1, 0.15) is 64.7 Å². The summed E-state index contributed by atoms with van der Waals surface area (Å²) in [5.74, 6) is -3.13. The zero-order valence-electron chi connectivity index (χ0n) is 12.8. The molecule has 6 heteroatoms. The third kappa shape index (κ3) is 7.43. The van der Waals surface area contributed by atoms with Gasteiger partial charge in [0.15, 0.2) is 0 Å². The molecule has 0 atom stereocenters. The summed E-state index contributed by atoms with van der Waals surface area (Å²) < 4.78 is 5.08. The Hall–Kier alpha value is -1.14. The van der Waals surface area contributed by atoms with E-state index < -0.39 is 30.6 Å². The van der Waals surface area contributed by atoms with Gasteiger partial charge >= 0.3 is 11.9 Å². The lowest BCUT2D eigenvalue weighted by Crippen LogP contribution is -2.50. The van der Waals surface area contributed by atoms with Gasteiger partial charge in [-0.1, -0.05) is 51.9 Å². The highest BCUT2D eigenvalue weighted by Gasteiger charge is 2.47. The monoisotopic (exact) mass is 304 g/mol. The van der Waals surface area contributed by atoms with Gasteiger partial charge in [-0.3, -0.25) is 0 Å². The van der Waals surface area contributed by atoms with Crippen LogP contribution in [0.3, 0.4) is 0 Å². The predicted octanol–water partition coefficient (Wildman–Crippen LogP) is 2.43. The van der Waals surface area contributed by atoms with Gasteiger partial charge in [-0.2, -0.15) is 0 Å². The lowest BCUT2D eigenvalue weighted by Gasteiger charge is -2.24. The maximum atomic E-state index is 11.1. The third-order valence-corrected chi connectivity index (χ3v) is 3.50. The van der Waals surface area contributed by atoms with Crippen molar-refractivity contribution in [3.63, 3.8) is 0 Å². The number of hydrogen-bond donors (Lipinski definition) is 3. The lowest BCUT2D eigenvalue weighted by molar-refractivity contribution is -0.186. The van der Waals surface area contributed by atoms with E-state index in [-0.39, 0.29) is 6.61 Å². The maximum absolute atomic E-state index is 11.1. The Labute approximate surface area is 126 Å². The molecule has 0 aromatic carbocycles. The number of aliphatic carboxylic acids is 2. The highest BCUT2D eigenvalue weighted by Crippen LogP contribution is 2.18. The van der Waals surface area contributed by atoms with Crippen LogP contribution in [0.25, 0.3) is 0 Å². The van der Waals surface area contributed by atoms with Gasteiger partial charge in [0.05, 0.1) is 0 Å². The van der Waals surface area contributed by atoms with Gasteiger partial charge in [0.1, 0.15) is 0 Å². The molecular formula is C15H28O6. The Morgan fingerprint density at radius 2 is 1.38 bits per heavy atom. The molecule has 0 aliphatic rings. The molecule has 0 unspecified atom stereocenters. The molecule has 0 fully saturated rings. The number of rotatable bonds is 14. The number of carboxylic acid groups (broad SMARTS) is 2. The summed E-state index contributed by atoms with van der Waals surface area (Å²) in [5, 5.41) is 26.9. The van der Waals surface area contributed by atoms with Gasteiger partial charge in [-0.05, 0) is 6.42 Å². The SMILES string of the molecule is CCCCCCCCCCOC(CCO)(C(=O)O)C(=O)O. The Morgan fingerprint density at radius 1 is 0.905 bits per heavy atom. The van der Waals surface area contributed by atoms with Crippen LogP contribution in [-0.4, -0.2) is 46.1 Å². The van der Waals surface area contributed by atoms with E-state index in [1.165, 1.54) is 25.7 Å². The summed E-state index contributed by atoms with van der Waals surface area (Å²) in [6.45, 7) is 1.70. The van der Waals surface area contributed by atoms with Gasteiger partial charge in [0.25, 0.3) is 5.60 Å². The van der Waals surface area contributed by atoms with Crippen molar-refractivity contribution in [2.75, 3.05) is 13.2 Å². The minimum atomic E-state index is -2.32. The van der Waals surface area contributed by atoms with Crippen molar-refractivity contribution in [1.82, 2.24) is 0 Å². The number of hydrogen-bond acceptors (Lipinski definition) is 4. The van der Waals surface area contributed by atoms with E-state index in [4.69, 9.17) is 20.1 Å². The van der Waals surface area contributed by atoms with E-state index in [0.717, 1.165) is 19.3 Å². The average Bonchev–Trinajstić information content (AvgIpc) is 2.43. The molecule has 0 aromatic heterocycles. The molecule has 0 aromatic rings. The van der Waals surface area contributed by atoms with E-state index in [0.29, 0.717) is 6.42 Å². The summed E-state index contributed by atoms with van der Waals surface area (Å²) in [5.41, 5.74) is -2.32. The predicted molar refractivity (Wildman–Crippen MR) is 78.3 cm³/mol. The second-order valence-electron chi connectivity index (χ2n) is 5.23. The van der Waals surface area contributed by atoms with Gasteiger partial charge in [0.2, 0.25) is 0 Å². The lowest BCUT2D eigenvalue weighted by atomic mass is 10.0. The fourth-order valence-corrected chi connectivity index (χ4v) is 2.14. The van der Waals surface area contributed by atoms with Crippen molar-refractivity contribution in [1.29, 1.82) is 0 Å². The molecule has 3 N–H and O–H groups in total. The Morgan fingerprint density at radius 3 is 1.81 bits per heavy atom. The molecule has 0 rings (SSSR count). The smallest absolute Gasteiger partial charge is 0.347 e. The van der Waals surface area contributed by atoms with Crippen LogP contribution >= 0.6 is 0 Å². The third-order valence-electron chi connectivity index (χ3n) is 3.50. The molecule has 0 aliphatic heterocycles. The number of ether oxygens (including phenoxy) is 1. The van der Waals surface area contributed by atoms with E-state index in [1.807, 2.05) is 0 Å². The van der Waals surface area contributed by atoms with Gasteiger partial charge < -0.3 is 20.1 Å². The van der Waals surface area contributed by atoms with E-state index in [1.54, 1.807) is 0 Å². The summed E-state index contributed by atoms with van der Waals surface area (Å²) >= 11 is 0. The first kappa shape index (κ1) is 19.9. The highest BCUT2D eigenvalue weighted by molar-refractivity contribution is 6.01. The number of aliphatic hydroxyl groups excluding tert-OH is 1. The second-order valence-corrected chi connectivity index (χ2v) is 5.23. The molecule has 6 nitrogen and oxygen atoms in total. The topological polar surface area (TPSA) is 104 Å². The zero-order chi connectivity index (χ0) is 16.1. The van der Waals surface area contributed by atoms with Crippen LogP contribution in [0.4, 0.5) is 0 Å². The number of carboxylic acids is 2. The molecule has 0 bridgehead atoms. The molecule has 0 saturated heterocycles. The van der Waals surface area contributed by atoms with E-state index in [2.05, 4.69) is 6.92 Å². The van der Waals surface area contributed by atoms with Crippen LogP contribution in [0, 0.1) is 0 Å². The molecule has 0 amide bonds. The summed E-state index contributed by atoms with van der Waals surface area (Å²) in [4.78, 5) is 22.2. The first-order chi connectivity index (χ1) is 10.0. The molecule has 0 saturated carbocycles. The molecular weight excluding hydrogens is 276 g/mol. The first-order valence-corrected chi connectivity index (χ1v) is 7.73. The van der Waals surface area contributed by atoms with Crippen LogP contribution in [0.5, 0.6) is 0 Å². The quantitative estimate of drug-likeness (QED) is 0.336. The Bertz CT molecular complexity index is 289. The highest BCUT2D eigenvalue weighted by atomic mass is 16.6.